The first-order valence-corrected chi connectivity index (χ1v) is 12.9. The Labute approximate surface area is 192 Å². The third-order valence-corrected chi connectivity index (χ3v) is 8.74. The molecule has 4 nitrogen and oxygen atoms in total. The van der Waals surface area contributed by atoms with Crippen LogP contribution in [0.25, 0.3) is 10.6 Å². The van der Waals surface area contributed by atoms with E-state index in [2.05, 4.69) is 61.0 Å². The van der Waals surface area contributed by atoms with E-state index < -0.39 is 0 Å². The maximum atomic E-state index is 8.93. The number of hydrogen-bond donors (Lipinski definition) is 1. The average Bonchev–Trinajstić information content (AvgIpc) is 3.25. The SMILES string of the molecule is CC1(C)CCC(C)(C)c2cc(-c3nnc(C4CCN(CCCCCO)CC4)s3)ccc21. The van der Waals surface area contributed by atoms with Gasteiger partial charge in [-0.1, -0.05) is 51.2 Å². The van der Waals surface area contributed by atoms with Gasteiger partial charge in [0.15, 0.2) is 0 Å². The molecule has 5 heteroatoms. The second kappa shape index (κ2) is 9.29. The highest BCUT2D eigenvalue weighted by Gasteiger charge is 2.37. The largest absolute Gasteiger partial charge is 0.396 e. The minimum atomic E-state index is 0.221. The first-order valence-electron chi connectivity index (χ1n) is 12.1. The van der Waals surface area contributed by atoms with Gasteiger partial charge in [0.2, 0.25) is 0 Å². The molecule has 4 rings (SSSR count). The summed E-state index contributed by atoms with van der Waals surface area (Å²) in [5, 5.41) is 20.5. The molecule has 0 bridgehead atoms. The van der Waals surface area contributed by atoms with Crippen LogP contribution in [0.1, 0.15) is 94.7 Å². The van der Waals surface area contributed by atoms with Crippen LogP contribution in [0.4, 0.5) is 0 Å². The van der Waals surface area contributed by atoms with Crippen molar-refractivity contribution in [2.75, 3.05) is 26.2 Å². The number of fused-ring (bicyclic) bond motifs is 1. The van der Waals surface area contributed by atoms with Crippen LogP contribution in [0, 0.1) is 0 Å². The summed E-state index contributed by atoms with van der Waals surface area (Å²) in [6.45, 7) is 13.3. The molecular weight excluding hydrogens is 402 g/mol. The quantitative estimate of drug-likeness (QED) is 0.544. The van der Waals surface area contributed by atoms with Gasteiger partial charge < -0.3 is 10.0 Å². The number of unbranched alkanes of at least 4 members (excludes halogenated alkanes) is 2. The third-order valence-electron chi connectivity index (χ3n) is 7.61. The van der Waals surface area contributed by atoms with Crippen LogP contribution in [0.3, 0.4) is 0 Å². The van der Waals surface area contributed by atoms with Crippen LogP contribution in [0.15, 0.2) is 18.2 Å². The molecule has 0 saturated carbocycles. The molecule has 1 aliphatic carbocycles. The summed E-state index contributed by atoms with van der Waals surface area (Å²) < 4.78 is 0. The minimum absolute atomic E-state index is 0.221. The molecule has 0 amide bonds. The first kappa shape index (κ1) is 22.9. The van der Waals surface area contributed by atoms with E-state index in [0.29, 0.717) is 12.5 Å². The van der Waals surface area contributed by atoms with Crippen LogP contribution in [0.5, 0.6) is 0 Å². The number of hydrogen-bond acceptors (Lipinski definition) is 5. The van der Waals surface area contributed by atoms with Gasteiger partial charge in [0.1, 0.15) is 10.0 Å². The zero-order valence-electron chi connectivity index (χ0n) is 19.8. The van der Waals surface area contributed by atoms with Crippen molar-refractivity contribution in [3.8, 4) is 10.6 Å². The molecule has 0 spiro atoms. The van der Waals surface area contributed by atoms with E-state index in [1.54, 1.807) is 11.3 Å². The first-order chi connectivity index (χ1) is 14.8. The predicted octanol–water partition coefficient (Wildman–Crippen LogP) is 5.90. The van der Waals surface area contributed by atoms with Gasteiger partial charge >= 0.3 is 0 Å². The smallest absolute Gasteiger partial charge is 0.147 e. The van der Waals surface area contributed by atoms with E-state index in [1.165, 1.54) is 53.8 Å². The lowest BCUT2D eigenvalue weighted by Gasteiger charge is -2.42. The summed E-state index contributed by atoms with van der Waals surface area (Å²) in [7, 11) is 0. The minimum Gasteiger partial charge on any atom is -0.396 e. The molecule has 1 aliphatic heterocycles. The van der Waals surface area contributed by atoms with E-state index in [4.69, 9.17) is 5.11 Å². The highest BCUT2D eigenvalue weighted by Crippen LogP contribution is 2.47. The normalized spacial score (nSPS) is 21.2. The van der Waals surface area contributed by atoms with E-state index in [-0.39, 0.29) is 10.8 Å². The molecule has 2 aromatic rings. The van der Waals surface area contributed by atoms with Gasteiger partial charge in [0.25, 0.3) is 0 Å². The molecule has 2 aliphatic rings. The molecule has 1 saturated heterocycles. The van der Waals surface area contributed by atoms with Crippen LogP contribution in [-0.4, -0.2) is 46.4 Å². The van der Waals surface area contributed by atoms with Crippen molar-refractivity contribution in [3.63, 3.8) is 0 Å². The van der Waals surface area contributed by atoms with Crippen LogP contribution in [0.2, 0.25) is 0 Å². The third kappa shape index (κ3) is 5.04. The number of rotatable bonds is 7. The predicted molar refractivity (Wildman–Crippen MR) is 130 cm³/mol. The summed E-state index contributed by atoms with van der Waals surface area (Å²) in [5.41, 5.74) is 4.70. The molecule has 1 aromatic heterocycles. The molecule has 2 heterocycles. The highest BCUT2D eigenvalue weighted by molar-refractivity contribution is 7.14. The van der Waals surface area contributed by atoms with Gasteiger partial charge in [-0.2, -0.15) is 0 Å². The van der Waals surface area contributed by atoms with Crippen molar-refractivity contribution < 1.29 is 5.11 Å². The Bertz CT molecular complexity index is 881. The Balaban J connectivity index is 1.43. The Morgan fingerprint density at radius 1 is 0.968 bits per heavy atom. The zero-order valence-corrected chi connectivity index (χ0v) is 20.6. The summed E-state index contributed by atoms with van der Waals surface area (Å²) in [6.07, 6.45) is 8.10. The van der Waals surface area contributed by atoms with Gasteiger partial charge in [0.05, 0.1) is 0 Å². The van der Waals surface area contributed by atoms with Crippen molar-refractivity contribution in [1.82, 2.24) is 15.1 Å². The van der Waals surface area contributed by atoms with Crippen LogP contribution >= 0.6 is 11.3 Å². The highest BCUT2D eigenvalue weighted by atomic mass is 32.1. The number of aliphatic hydroxyl groups is 1. The van der Waals surface area contributed by atoms with Crippen molar-refractivity contribution in [2.45, 2.75) is 89.4 Å². The van der Waals surface area contributed by atoms with Crippen molar-refractivity contribution in [2.24, 2.45) is 0 Å². The molecule has 0 radical (unpaired) electrons. The lowest BCUT2D eigenvalue weighted by atomic mass is 9.63. The zero-order chi connectivity index (χ0) is 22.1. The summed E-state index contributed by atoms with van der Waals surface area (Å²) in [4.78, 5) is 2.57. The second-order valence-corrected chi connectivity index (χ2v) is 11.9. The van der Waals surface area contributed by atoms with Crippen molar-refractivity contribution in [1.29, 1.82) is 0 Å². The molecule has 31 heavy (non-hydrogen) atoms. The topological polar surface area (TPSA) is 49.2 Å². The van der Waals surface area contributed by atoms with E-state index in [0.717, 1.165) is 37.5 Å². The van der Waals surface area contributed by atoms with E-state index in [9.17, 15) is 0 Å². The molecule has 170 valence electrons. The molecular formula is C26H39N3OS. The fourth-order valence-corrected chi connectivity index (χ4v) is 6.27. The van der Waals surface area contributed by atoms with Gasteiger partial charge in [-0.15, -0.1) is 10.2 Å². The van der Waals surface area contributed by atoms with Crippen LogP contribution < -0.4 is 0 Å². The van der Waals surface area contributed by atoms with E-state index in [1.807, 2.05) is 0 Å². The fourth-order valence-electron chi connectivity index (χ4n) is 5.27. The van der Waals surface area contributed by atoms with Crippen LogP contribution in [-0.2, 0) is 10.8 Å². The number of nitrogens with zero attached hydrogens (tertiary/aromatic N) is 3. The molecule has 1 N–H and O–H groups in total. The summed E-state index contributed by atoms with van der Waals surface area (Å²) in [5.74, 6) is 0.549. The Morgan fingerprint density at radius 2 is 1.68 bits per heavy atom. The maximum absolute atomic E-state index is 8.93. The summed E-state index contributed by atoms with van der Waals surface area (Å²) in [6, 6.07) is 7.01. The Hall–Kier alpha value is -1.30. The van der Waals surface area contributed by atoms with Gasteiger partial charge in [-0.25, -0.2) is 0 Å². The number of aliphatic hydroxyl groups excluding tert-OH is 1. The Morgan fingerprint density at radius 3 is 2.39 bits per heavy atom. The Kier molecular flexibility index (Phi) is 6.85. The monoisotopic (exact) mass is 441 g/mol. The lowest BCUT2D eigenvalue weighted by Crippen LogP contribution is -2.33. The van der Waals surface area contributed by atoms with E-state index >= 15 is 0 Å². The summed E-state index contributed by atoms with van der Waals surface area (Å²) >= 11 is 1.80. The number of likely N-dealkylation sites (tertiary alicyclic amines) is 1. The van der Waals surface area contributed by atoms with Gasteiger partial charge in [0, 0.05) is 18.1 Å². The van der Waals surface area contributed by atoms with Gasteiger partial charge in [-0.3, -0.25) is 0 Å². The standard InChI is InChI=1S/C26H39N3OS/c1-25(2)12-13-26(3,4)22-18-20(8-9-21(22)25)24-28-27-23(31-24)19-10-15-29(16-11-19)14-6-5-7-17-30/h8-9,18-19,30H,5-7,10-17H2,1-4H3. The van der Waals surface area contributed by atoms with Crippen molar-refractivity contribution in [3.05, 3.63) is 34.3 Å². The van der Waals surface area contributed by atoms with Crippen molar-refractivity contribution >= 4 is 11.3 Å². The second-order valence-electron chi connectivity index (χ2n) is 10.9. The average molecular weight is 442 g/mol. The lowest BCUT2D eigenvalue weighted by molar-refractivity contribution is 0.204. The van der Waals surface area contributed by atoms with Gasteiger partial charge in [-0.05, 0) is 92.6 Å². The fraction of sp³-hybridized carbons (Fsp3) is 0.692. The number of aromatic nitrogens is 2. The molecule has 0 unspecified atom stereocenters. The molecule has 1 aromatic carbocycles. The molecule has 1 fully saturated rings. The number of piperidine rings is 1. The molecule has 0 atom stereocenters. The number of benzene rings is 1. The maximum Gasteiger partial charge on any atom is 0.147 e.